The summed E-state index contributed by atoms with van der Waals surface area (Å²) >= 11 is 0. The molecule has 0 bridgehead atoms. The molecule has 1 heterocycles. The Labute approximate surface area is 98.0 Å². The minimum absolute atomic E-state index is 0.0859. The van der Waals surface area contributed by atoms with Crippen molar-refractivity contribution in [1.82, 2.24) is 15.1 Å². The van der Waals surface area contributed by atoms with Crippen LogP contribution in [0.1, 0.15) is 43.0 Å². The number of hydrogen-bond acceptors (Lipinski definition) is 2. The molecular weight excluding hydrogens is 231 g/mol. The Hall–Kier alpha value is -1.04. The molecule has 1 N–H and O–H groups in total. The van der Waals surface area contributed by atoms with Gasteiger partial charge < -0.3 is 5.32 Å². The van der Waals surface area contributed by atoms with E-state index < -0.39 is 11.9 Å². The zero-order valence-corrected chi connectivity index (χ0v) is 9.72. The average Bonchev–Trinajstić information content (AvgIpc) is 2.82. The molecule has 2 rings (SSSR count). The lowest BCUT2D eigenvalue weighted by atomic mass is 10.2. The van der Waals surface area contributed by atoms with Gasteiger partial charge in [-0.25, -0.2) is 0 Å². The van der Waals surface area contributed by atoms with E-state index in [9.17, 15) is 13.2 Å². The summed E-state index contributed by atoms with van der Waals surface area (Å²) in [5.41, 5.74) is -0.356. The van der Waals surface area contributed by atoms with Gasteiger partial charge in [-0.3, -0.25) is 4.68 Å². The van der Waals surface area contributed by atoms with Crippen molar-refractivity contribution < 1.29 is 13.2 Å². The Morgan fingerprint density at radius 2 is 2.06 bits per heavy atom. The summed E-state index contributed by atoms with van der Waals surface area (Å²) < 4.78 is 40.3. The molecule has 1 fully saturated rings. The topological polar surface area (TPSA) is 29.9 Å². The third-order valence-electron chi connectivity index (χ3n) is 3.18. The number of halogens is 3. The molecule has 96 valence electrons. The van der Waals surface area contributed by atoms with E-state index in [4.69, 9.17) is 0 Å². The largest absolute Gasteiger partial charge is 0.433 e. The maximum absolute atomic E-state index is 13.0. The molecule has 0 aliphatic heterocycles. The van der Waals surface area contributed by atoms with Gasteiger partial charge in [0.2, 0.25) is 0 Å². The summed E-state index contributed by atoms with van der Waals surface area (Å²) in [5.74, 6) is 0. The summed E-state index contributed by atoms with van der Waals surface area (Å²) in [5, 5.41) is 6.69. The van der Waals surface area contributed by atoms with Crippen LogP contribution in [0.15, 0.2) is 6.20 Å². The zero-order chi connectivity index (χ0) is 12.5. The quantitative estimate of drug-likeness (QED) is 0.890. The fourth-order valence-electron chi connectivity index (χ4n) is 2.46. The third kappa shape index (κ3) is 2.46. The Morgan fingerprint density at radius 1 is 1.41 bits per heavy atom. The van der Waals surface area contributed by atoms with E-state index in [1.807, 2.05) is 0 Å². The second kappa shape index (κ2) is 4.68. The number of rotatable bonds is 3. The third-order valence-corrected chi connectivity index (χ3v) is 3.18. The molecule has 0 saturated heterocycles. The van der Waals surface area contributed by atoms with Crippen LogP contribution in [-0.2, 0) is 12.7 Å². The van der Waals surface area contributed by atoms with Gasteiger partial charge in [0, 0.05) is 12.1 Å². The van der Waals surface area contributed by atoms with Crippen LogP contribution in [0.25, 0.3) is 0 Å². The van der Waals surface area contributed by atoms with Gasteiger partial charge in [0.1, 0.15) is 5.69 Å². The minimum atomic E-state index is -4.33. The molecule has 0 radical (unpaired) electrons. The summed E-state index contributed by atoms with van der Waals surface area (Å²) in [6, 6.07) is -0.0859. The number of nitrogens with one attached hydrogen (secondary N) is 1. The van der Waals surface area contributed by atoms with Crippen molar-refractivity contribution in [2.45, 2.75) is 44.4 Å². The van der Waals surface area contributed by atoms with Crippen molar-refractivity contribution in [3.05, 3.63) is 17.5 Å². The number of nitrogens with zero attached hydrogens (tertiary/aromatic N) is 2. The van der Waals surface area contributed by atoms with E-state index in [1.54, 1.807) is 7.05 Å². The average molecular weight is 247 g/mol. The van der Waals surface area contributed by atoms with Crippen LogP contribution in [0.4, 0.5) is 13.2 Å². The maximum Gasteiger partial charge on any atom is 0.433 e. The summed E-state index contributed by atoms with van der Waals surface area (Å²) in [6.45, 7) is 0.196. The summed E-state index contributed by atoms with van der Waals surface area (Å²) in [6.07, 6.45) is 0.572. The van der Waals surface area contributed by atoms with Crippen LogP contribution in [0.3, 0.4) is 0 Å². The molecule has 0 atom stereocenters. The van der Waals surface area contributed by atoms with Crippen molar-refractivity contribution in [1.29, 1.82) is 0 Å². The van der Waals surface area contributed by atoms with Gasteiger partial charge >= 0.3 is 6.18 Å². The smallest absolute Gasteiger partial charge is 0.316 e. The molecule has 6 heteroatoms. The molecule has 1 aliphatic carbocycles. The maximum atomic E-state index is 13.0. The van der Waals surface area contributed by atoms with E-state index in [2.05, 4.69) is 10.4 Å². The highest BCUT2D eigenvalue weighted by Gasteiger charge is 2.39. The number of hydrogen-bond donors (Lipinski definition) is 1. The predicted octanol–water partition coefficient (Wildman–Crippen LogP) is 2.74. The first-order valence-electron chi connectivity index (χ1n) is 5.82. The van der Waals surface area contributed by atoms with Gasteiger partial charge in [-0.05, 0) is 19.9 Å². The van der Waals surface area contributed by atoms with Crippen molar-refractivity contribution in [3.63, 3.8) is 0 Å². The van der Waals surface area contributed by atoms with Crippen LogP contribution in [0, 0.1) is 0 Å². The minimum Gasteiger partial charge on any atom is -0.316 e. The van der Waals surface area contributed by atoms with Crippen molar-refractivity contribution >= 4 is 0 Å². The van der Waals surface area contributed by atoms with E-state index in [1.165, 1.54) is 10.9 Å². The highest BCUT2D eigenvalue weighted by Crippen LogP contribution is 2.37. The predicted molar refractivity (Wildman–Crippen MR) is 57.5 cm³/mol. The second-order valence-electron chi connectivity index (χ2n) is 4.43. The molecule has 3 nitrogen and oxygen atoms in total. The van der Waals surface area contributed by atoms with Crippen molar-refractivity contribution in [2.24, 2.45) is 0 Å². The fourth-order valence-corrected chi connectivity index (χ4v) is 2.46. The second-order valence-corrected chi connectivity index (χ2v) is 4.43. The SMILES string of the molecule is CNCc1cnn(C2CCCC2)c1C(F)(F)F. The zero-order valence-electron chi connectivity index (χ0n) is 9.72. The van der Waals surface area contributed by atoms with E-state index in [0.29, 0.717) is 0 Å². The molecular formula is C11H16F3N3. The van der Waals surface area contributed by atoms with Gasteiger partial charge in [0.05, 0.1) is 12.2 Å². The molecule has 0 unspecified atom stereocenters. The standard InChI is InChI=1S/C11H16F3N3/c1-15-6-8-7-16-17(9-4-2-3-5-9)10(8)11(12,13)14/h7,9,15H,2-6H2,1H3. The first-order chi connectivity index (χ1) is 8.04. The number of aromatic nitrogens is 2. The van der Waals surface area contributed by atoms with Crippen LogP contribution >= 0.6 is 0 Å². The Balaban J connectivity index is 2.37. The molecule has 1 saturated carbocycles. The molecule has 0 amide bonds. The van der Waals surface area contributed by atoms with Crippen LogP contribution in [0.5, 0.6) is 0 Å². The van der Waals surface area contributed by atoms with Gasteiger partial charge in [-0.1, -0.05) is 12.8 Å². The van der Waals surface area contributed by atoms with Crippen molar-refractivity contribution in [3.8, 4) is 0 Å². The molecule has 0 spiro atoms. The fraction of sp³-hybridized carbons (Fsp3) is 0.727. The Morgan fingerprint density at radius 3 is 2.59 bits per heavy atom. The van der Waals surface area contributed by atoms with Crippen molar-refractivity contribution in [2.75, 3.05) is 7.05 Å². The monoisotopic (exact) mass is 247 g/mol. The van der Waals surface area contributed by atoms with Crippen LogP contribution in [-0.4, -0.2) is 16.8 Å². The molecule has 1 aromatic heterocycles. The van der Waals surface area contributed by atoms with Gasteiger partial charge in [-0.2, -0.15) is 18.3 Å². The lowest BCUT2D eigenvalue weighted by molar-refractivity contribution is -0.145. The summed E-state index contributed by atoms with van der Waals surface area (Å²) in [7, 11) is 1.63. The molecule has 1 aliphatic rings. The van der Waals surface area contributed by atoms with E-state index in [-0.39, 0.29) is 18.2 Å². The first kappa shape index (κ1) is 12.4. The number of alkyl halides is 3. The van der Waals surface area contributed by atoms with Gasteiger partial charge in [-0.15, -0.1) is 0 Å². The first-order valence-corrected chi connectivity index (χ1v) is 5.82. The Bertz CT molecular complexity index is 378. The summed E-state index contributed by atoms with van der Waals surface area (Å²) in [4.78, 5) is 0. The highest BCUT2D eigenvalue weighted by molar-refractivity contribution is 5.21. The molecule has 1 aromatic rings. The lowest BCUT2D eigenvalue weighted by Gasteiger charge is -2.17. The van der Waals surface area contributed by atoms with Crippen LogP contribution in [0.2, 0.25) is 0 Å². The van der Waals surface area contributed by atoms with Gasteiger partial charge in [0.25, 0.3) is 0 Å². The Kier molecular flexibility index (Phi) is 3.42. The van der Waals surface area contributed by atoms with Crippen LogP contribution < -0.4 is 5.32 Å². The van der Waals surface area contributed by atoms with E-state index in [0.717, 1.165) is 25.7 Å². The highest BCUT2D eigenvalue weighted by atomic mass is 19.4. The molecule has 17 heavy (non-hydrogen) atoms. The van der Waals surface area contributed by atoms with Gasteiger partial charge in [0.15, 0.2) is 0 Å². The lowest BCUT2D eigenvalue weighted by Crippen LogP contribution is -2.20. The molecule has 0 aromatic carbocycles. The normalized spacial score (nSPS) is 17.9. The van der Waals surface area contributed by atoms with E-state index >= 15 is 0 Å².